The minimum atomic E-state index is 0.269. The summed E-state index contributed by atoms with van der Waals surface area (Å²) >= 11 is 1.76. The summed E-state index contributed by atoms with van der Waals surface area (Å²) in [4.78, 5) is 18.1. The Kier molecular flexibility index (Phi) is 4.90. The second kappa shape index (κ2) is 7.45. The van der Waals surface area contributed by atoms with Crippen LogP contribution in [0.15, 0.2) is 36.9 Å². The molecule has 0 N–H and O–H groups in total. The maximum atomic E-state index is 5.88. The van der Waals surface area contributed by atoms with Crippen molar-refractivity contribution in [2.45, 2.75) is 38.8 Å². The number of nitrogens with zero attached hydrogens (tertiary/aromatic N) is 4. The molecule has 0 saturated carbocycles. The highest BCUT2D eigenvalue weighted by Crippen LogP contribution is 2.32. The summed E-state index contributed by atoms with van der Waals surface area (Å²) in [6.45, 7) is 4.66. The Morgan fingerprint density at radius 1 is 1.36 bits per heavy atom. The monoisotopic (exact) mass is 354 g/mol. The predicted molar refractivity (Wildman–Crippen MR) is 101 cm³/mol. The molecule has 1 saturated heterocycles. The normalized spacial score (nSPS) is 17.2. The van der Waals surface area contributed by atoms with Crippen molar-refractivity contribution in [3.8, 4) is 0 Å². The Labute approximate surface area is 151 Å². The number of fused-ring (bicyclic) bond motifs is 1. The van der Waals surface area contributed by atoms with Crippen LogP contribution < -0.4 is 4.90 Å². The first-order valence-corrected chi connectivity index (χ1v) is 9.64. The fraction of sp³-hybridized carbons (Fsp3) is 0.421. The minimum absolute atomic E-state index is 0.269. The quantitative estimate of drug-likeness (QED) is 0.673. The molecule has 0 spiro atoms. The van der Waals surface area contributed by atoms with Crippen molar-refractivity contribution in [3.63, 3.8) is 0 Å². The number of aromatic nitrogens is 3. The molecule has 0 aliphatic carbocycles. The Bertz CT molecular complexity index is 830. The van der Waals surface area contributed by atoms with Crippen molar-refractivity contribution in [1.82, 2.24) is 15.0 Å². The molecule has 3 aromatic heterocycles. The van der Waals surface area contributed by atoms with Crippen molar-refractivity contribution in [1.29, 1.82) is 0 Å². The van der Waals surface area contributed by atoms with Crippen LogP contribution >= 0.6 is 11.3 Å². The molecule has 0 amide bonds. The van der Waals surface area contributed by atoms with Crippen LogP contribution in [0.3, 0.4) is 0 Å². The van der Waals surface area contributed by atoms with Gasteiger partial charge in [-0.1, -0.05) is 13.0 Å². The fourth-order valence-corrected chi connectivity index (χ4v) is 4.22. The second-order valence-electron chi connectivity index (χ2n) is 6.36. The third kappa shape index (κ3) is 3.65. The van der Waals surface area contributed by atoms with Crippen molar-refractivity contribution < 1.29 is 4.74 Å². The summed E-state index contributed by atoms with van der Waals surface area (Å²) in [5.74, 6) is 1.00. The van der Waals surface area contributed by atoms with Gasteiger partial charge < -0.3 is 9.64 Å². The first-order chi connectivity index (χ1) is 12.3. The Balaban J connectivity index is 1.70. The zero-order chi connectivity index (χ0) is 17.1. The van der Waals surface area contributed by atoms with Gasteiger partial charge >= 0.3 is 0 Å². The number of anilines is 1. The van der Waals surface area contributed by atoms with Gasteiger partial charge in [0.1, 0.15) is 17.0 Å². The standard InChI is InChI=1S/C19H22N4OS/c1-2-16-9-17-18(21-13-22-19(17)25-16)23(12-15-6-4-8-24-15)11-14-5-3-7-20-10-14/h3,5,7,9-10,13,15H,2,4,6,8,11-12H2,1H3/t15-/m0/s1. The van der Waals surface area contributed by atoms with E-state index in [1.165, 1.54) is 10.4 Å². The third-order valence-electron chi connectivity index (χ3n) is 4.55. The van der Waals surface area contributed by atoms with Crippen LogP contribution in [0, 0.1) is 0 Å². The average molecular weight is 354 g/mol. The van der Waals surface area contributed by atoms with Gasteiger partial charge in [-0.2, -0.15) is 0 Å². The average Bonchev–Trinajstić information content (AvgIpc) is 3.30. The number of ether oxygens (including phenoxy) is 1. The van der Waals surface area contributed by atoms with E-state index in [0.717, 1.165) is 55.0 Å². The molecular weight excluding hydrogens is 332 g/mol. The first-order valence-electron chi connectivity index (χ1n) is 8.82. The molecule has 6 heteroatoms. The highest BCUT2D eigenvalue weighted by Gasteiger charge is 2.22. The highest BCUT2D eigenvalue weighted by molar-refractivity contribution is 7.18. The van der Waals surface area contributed by atoms with Crippen LogP contribution in [0.2, 0.25) is 0 Å². The molecule has 1 fully saturated rings. The van der Waals surface area contributed by atoms with Crippen molar-refractivity contribution in [3.05, 3.63) is 47.4 Å². The highest BCUT2D eigenvalue weighted by atomic mass is 32.1. The van der Waals surface area contributed by atoms with Crippen molar-refractivity contribution in [2.75, 3.05) is 18.1 Å². The summed E-state index contributed by atoms with van der Waals surface area (Å²) in [6.07, 6.45) is 8.96. The Morgan fingerprint density at radius 3 is 3.08 bits per heavy atom. The number of pyridine rings is 1. The number of thiophene rings is 1. The number of aryl methyl sites for hydroxylation is 1. The van der Waals surface area contributed by atoms with E-state index in [9.17, 15) is 0 Å². The smallest absolute Gasteiger partial charge is 0.141 e. The molecule has 4 heterocycles. The molecule has 5 nitrogen and oxygen atoms in total. The van der Waals surface area contributed by atoms with E-state index in [1.54, 1.807) is 17.7 Å². The zero-order valence-electron chi connectivity index (χ0n) is 14.4. The maximum Gasteiger partial charge on any atom is 0.141 e. The lowest BCUT2D eigenvalue weighted by Crippen LogP contribution is -2.32. The summed E-state index contributed by atoms with van der Waals surface area (Å²) in [6, 6.07) is 6.33. The van der Waals surface area contributed by atoms with E-state index in [0.29, 0.717) is 0 Å². The third-order valence-corrected chi connectivity index (χ3v) is 5.74. The predicted octanol–water partition coefficient (Wildman–Crippen LogP) is 3.83. The van der Waals surface area contributed by atoms with Crippen LogP contribution in [-0.4, -0.2) is 34.2 Å². The Morgan fingerprint density at radius 2 is 2.32 bits per heavy atom. The molecule has 1 atom stereocenters. The lowest BCUT2D eigenvalue weighted by atomic mass is 10.2. The van der Waals surface area contributed by atoms with Crippen LogP contribution in [0.25, 0.3) is 10.2 Å². The summed E-state index contributed by atoms with van der Waals surface area (Å²) in [5.41, 5.74) is 1.18. The van der Waals surface area contributed by atoms with E-state index in [2.05, 4.69) is 38.9 Å². The lowest BCUT2D eigenvalue weighted by molar-refractivity contribution is 0.115. The van der Waals surface area contributed by atoms with Crippen molar-refractivity contribution in [2.24, 2.45) is 0 Å². The van der Waals surface area contributed by atoms with E-state index in [-0.39, 0.29) is 6.10 Å². The van der Waals surface area contributed by atoms with Gasteiger partial charge in [-0.05, 0) is 37.0 Å². The maximum absolute atomic E-state index is 5.88. The molecular formula is C19H22N4OS. The van der Waals surface area contributed by atoms with E-state index in [1.807, 2.05) is 18.5 Å². The van der Waals surface area contributed by atoms with E-state index >= 15 is 0 Å². The van der Waals surface area contributed by atoms with Gasteiger partial charge in [0.05, 0.1) is 11.5 Å². The second-order valence-corrected chi connectivity index (χ2v) is 7.47. The van der Waals surface area contributed by atoms with Gasteiger partial charge in [-0.3, -0.25) is 4.98 Å². The SMILES string of the molecule is CCc1cc2c(N(Cc3cccnc3)C[C@@H]3CCCO3)ncnc2s1. The lowest BCUT2D eigenvalue weighted by Gasteiger charge is -2.27. The number of hydrogen-bond acceptors (Lipinski definition) is 6. The molecule has 0 radical (unpaired) electrons. The van der Waals surface area contributed by atoms with Gasteiger partial charge in [0.2, 0.25) is 0 Å². The molecule has 130 valence electrons. The largest absolute Gasteiger partial charge is 0.376 e. The molecule has 4 rings (SSSR count). The molecule has 0 bridgehead atoms. The van der Waals surface area contributed by atoms with Gasteiger partial charge in [0.15, 0.2) is 0 Å². The molecule has 0 unspecified atom stereocenters. The van der Waals surface area contributed by atoms with E-state index < -0.39 is 0 Å². The fourth-order valence-electron chi connectivity index (χ4n) is 3.29. The number of rotatable bonds is 6. The van der Waals surface area contributed by atoms with Gasteiger partial charge in [-0.15, -0.1) is 11.3 Å². The summed E-state index contributed by atoms with van der Waals surface area (Å²) in [5, 5.41) is 1.14. The van der Waals surface area contributed by atoms with Gasteiger partial charge in [0, 0.05) is 37.0 Å². The molecule has 1 aliphatic rings. The molecule has 25 heavy (non-hydrogen) atoms. The molecule has 0 aromatic carbocycles. The molecule has 1 aliphatic heterocycles. The summed E-state index contributed by atoms with van der Waals surface area (Å²) in [7, 11) is 0. The van der Waals surface area contributed by atoms with Gasteiger partial charge in [0.25, 0.3) is 0 Å². The zero-order valence-corrected chi connectivity index (χ0v) is 15.2. The van der Waals surface area contributed by atoms with Crippen LogP contribution in [0.4, 0.5) is 5.82 Å². The first kappa shape index (κ1) is 16.4. The van der Waals surface area contributed by atoms with Crippen LogP contribution in [0.1, 0.15) is 30.2 Å². The van der Waals surface area contributed by atoms with Crippen LogP contribution in [-0.2, 0) is 17.7 Å². The topological polar surface area (TPSA) is 51.1 Å². The Hall–Kier alpha value is -2.05. The molecule has 3 aromatic rings. The summed E-state index contributed by atoms with van der Waals surface area (Å²) < 4.78 is 5.88. The van der Waals surface area contributed by atoms with E-state index in [4.69, 9.17) is 4.74 Å². The van der Waals surface area contributed by atoms with Crippen molar-refractivity contribution >= 4 is 27.4 Å². The van der Waals surface area contributed by atoms with Gasteiger partial charge in [-0.25, -0.2) is 9.97 Å². The number of hydrogen-bond donors (Lipinski definition) is 0. The van der Waals surface area contributed by atoms with Crippen LogP contribution in [0.5, 0.6) is 0 Å². The minimum Gasteiger partial charge on any atom is -0.376 e.